The Kier molecular flexibility index (Phi) is 0. The minimum absolute atomic E-state index is 1.25. The predicted molar refractivity (Wildman–Crippen MR) is 135 cm³/mol. The lowest BCUT2D eigenvalue weighted by molar-refractivity contribution is 2.50. The van der Waals surface area contributed by atoms with Gasteiger partial charge in [-0.3, -0.25) is 0 Å². The molecule has 0 atom stereocenters. The Balaban J connectivity index is -0.00000000585. The Bertz CT molecular complexity index is 40.0. The normalized spacial score (nSPS) is 7.00. The van der Waals surface area contributed by atoms with Gasteiger partial charge in [-0.15, -0.1) is 0 Å². The second kappa shape index (κ2) is 0. The summed E-state index contributed by atoms with van der Waals surface area (Å²) >= 11 is 0. The molecule has 0 rings (SSSR count). The lowest BCUT2D eigenvalue weighted by Gasteiger charge is -0.0786. The van der Waals surface area contributed by atoms with Crippen molar-refractivity contribution in [2.45, 2.75) is 148 Å². The molecule has 0 unspecified atom stereocenters. The van der Waals surface area contributed by atoms with E-state index in [0.717, 1.165) is 0 Å². The van der Waals surface area contributed by atoms with Gasteiger partial charge in [-0.1, -0.05) is 148 Å². The lowest BCUT2D eigenvalue weighted by Crippen LogP contribution is 0.143. The molecule has 0 saturated heterocycles. The molecule has 0 aliphatic heterocycles. The molecule has 0 radical (unpaired) electrons. The molecule has 0 aromatic rings. The first-order valence-corrected chi connectivity index (χ1v) is 0. The Morgan fingerprint density at radius 1 is 0.150 bits per heavy atom. The van der Waals surface area contributed by atoms with Crippen molar-refractivity contribution in [3.63, 3.8) is 0 Å². The van der Waals surface area contributed by atoms with Crippen LogP contribution in [0, 0.1) is 0 Å². The van der Waals surface area contributed by atoms with Gasteiger partial charge in [0.05, 0.1) is 0 Å². The van der Waals surface area contributed by atoms with Gasteiger partial charge in [-0.05, 0) is 0 Å². The van der Waals surface area contributed by atoms with E-state index in [1.54, 1.807) is 0 Å². The number of rotatable bonds is 0. The first-order chi connectivity index (χ1) is 20.0. The van der Waals surface area contributed by atoms with Crippen molar-refractivity contribution < 1.29 is 27.4 Å². The Labute approximate surface area is 177 Å². The van der Waals surface area contributed by atoms with Crippen LogP contribution in [-0.2, 0) is 0 Å². The molecule has 20 heavy (non-hydrogen) atoms. The Hall–Kier alpha value is 0. The quantitative estimate of drug-likeness (QED) is 0.411. The molecule has 0 amide bonds. The molecule has 0 aromatic carbocycles. The molecule has 0 spiro atoms. The van der Waals surface area contributed by atoms with Gasteiger partial charge < -0.3 is 0 Å². The van der Waals surface area contributed by atoms with Crippen molar-refractivity contribution in [3.05, 3.63) is 0 Å². The molecular formula is C20H80. The number of hydrogen-bond acceptors (Lipinski definition) is 0. The predicted octanol–water partition coefficient (Wildman–Crippen LogP) is 12.7. The van der Waals surface area contributed by atoms with Crippen molar-refractivity contribution in [2.24, 2.45) is 0 Å². The minimum Gasteiger partial charge on any atom is -0.0776 e. The van der Waals surface area contributed by atoms with E-state index in [1.807, 2.05) is 0 Å². The summed E-state index contributed by atoms with van der Waals surface area (Å²) in [7, 11) is 25.0. The largest absolute Gasteiger partial charge is 0.0776 e. The van der Waals surface area contributed by atoms with Gasteiger partial charge in [0.2, 0.25) is 0 Å². The molecule has 0 heterocycles. The van der Waals surface area contributed by atoms with Gasteiger partial charge in [0.25, 0.3) is 0 Å². The van der Waals surface area contributed by atoms with Crippen LogP contribution in [0.2, 0.25) is 0 Å². The van der Waals surface area contributed by atoms with Crippen LogP contribution in [0.15, 0.2) is 0 Å². The van der Waals surface area contributed by atoms with Crippen molar-refractivity contribution in [1.82, 2.24) is 0 Å². The maximum absolute atomic E-state index is 5.75. The zero-order chi connectivity index (χ0) is 40.0. The third-order valence-corrected chi connectivity index (χ3v) is 0. The van der Waals surface area contributed by atoms with E-state index >= 15 is 0 Å². The second-order valence-electron chi connectivity index (χ2n) is 0. The maximum atomic E-state index is 5.75. The van der Waals surface area contributed by atoms with Crippen LogP contribution in [0.5, 0.6) is 0 Å². The van der Waals surface area contributed by atoms with E-state index in [0.29, 0.717) is 0 Å². The van der Waals surface area contributed by atoms with E-state index in [4.69, 9.17) is 27.4 Å². The minimum atomic E-state index is 1.25. The van der Waals surface area contributed by atoms with E-state index in [2.05, 4.69) is 0 Å². The van der Waals surface area contributed by atoms with Crippen molar-refractivity contribution in [2.75, 3.05) is 0 Å². The van der Waals surface area contributed by atoms with Crippen LogP contribution < -0.4 is 0 Å². The van der Waals surface area contributed by atoms with Crippen molar-refractivity contribution in [3.8, 4) is 0 Å². The highest BCUT2D eigenvalue weighted by Gasteiger charge is -0.0586. The average Bonchev–Trinajstić information content (AvgIpc) is 3.21. The summed E-state index contributed by atoms with van der Waals surface area (Å²) in [5.41, 5.74) is 0. The Morgan fingerprint density at radius 3 is 0.150 bits per heavy atom. The monoisotopic (exact) mass is 341 g/mol. The summed E-state index contributed by atoms with van der Waals surface area (Å²) in [5, 5.41) is 0. The highest BCUT2D eigenvalue weighted by atomic mass is 12.0. The van der Waals surface area contributed by atoms with Crippen LogP contribution in [0.25, 0.3) is 0 Å². The summed E-state index contributed by atoms with van der Waals surface area (Å²) in [6, 6.07) is 0. The first kappa shape index (κ1) is 18.1. The van der Waals surface area contributed by atoms with Crippen LogP contribution in [-0.4, -0.2) is 0 Å². The summed E-state index contributed by atoms with van der Waals surface area (Å²) < 4.78 is 115. The fourth-order valence-corrected chi connectivity index (χ4v) is 0. The first-order valence-electron chi connectivity index (χ1n) is 20.0. The molecule has 0 nitrogen and oxygen atoms in total. The molecule has 160 valence electrons. The average molecular weight is 341 g/mol. The third-order valence-electron chi connectivity index (χ3n) is 0. The van der Waals surface area contributed by atoms with Crippen LogP contribution in [0.4, 0.5) is 0 Å². The van der Waals surface area contributed by atoms with Gasteiger partial charge in [0.1, 0.15) is 0 Å². The molecule has 0 aliphatic carbocycles. The van der Waals surface area contributed by atoms with Gasteiger partial charge in [0.15, 0.2) is 0 Å². The summed E-state index contributed by atoms with van der Waals surface area (Å²) in [6.07, 6.45) is 0. The van der Waals surface area contributed by atoms with Gasteiger partial charge >= 0.3 is 0 Å². The summed E-state index contributed by atoms with van der Waals surface area (Å²) in [6.45, 7) is 0. The molecule has 0 fully saturated rings. The van der Waals surface area contributed by atoms with Crippen molar-refractivity contribution >= 4 is 0 Å². The second-order valence-corrected chi connectivity index (χ2v) is 0. The third kappa shape index (κ3) is 0. The molecule has 0 heteroatoms. The fourth-order valence-electron chi connectivity index (χ4n) is 0. The molecule has 0 N–H and O–H groups in total. The Morgan fingerprint density at radius 2 is 0.150 bits per heavy atom. The highest BCUT2D eigenvalue weighted by Crippen LogP contribution is 0.163. The molecule has 0 aromatic heterocycles. The zero-order valence-corrected chi connectivity index (χ0v) is 20.0. The molecular weight excluding hydrogens is 240 g/mol. The smallest absolute Gasteiger partial charge is 0.0194 e. The van der Waals surface area contributed by atoms with E-state index in [9.17, 15) is 0 Å². The molecule has 0 aliphatic rings. The summed E-state index contributed by atoms with van der Waals surface area (Å²) in [4.78, 5) is 0. The zero-order valence-electron chi connectivity index (χ0n) is 40.0. The van der Waals surface area contributed by atoms with Crippen LogP contribution >= 0.6 is 0 Å². The summed E-state index contributed by atoms with van der Waals surface area (Å²) in [5.74, 6) is 0. The molecule has 0 saturated carbocycles. The van der Waals surface area contributed by atoms with E-state index in [-0.39, 0.29) is 0 Å². The standard InChI is InChI=1S/20CH4/h20*1H4/i20*1D. The number of hydrogen-bond donors (Lipinski definition) is 0. The SMILES string of the molecule is [2H]C.[2H]C.[2H]C.[2H]C.[2H]C.[2H]C.[2H]C.[2H]C.[2H]C.[2H]C.[2H]C.[2H]C.[2H]C.[2H]C.[2H]C.[2H]C.[2H]C.[2H]C.[2H]C.[2H]C. The van der Waals surface area contributed by atoms with Gasteiger partial charge in [-0.25, -0.2) is 0 Å². The van der Waals surface area contributed by atoms with Gasteiger partial charge in [0, 0.05) is 27.4 Å². The topological polar surface area (TPSA) is 0 Å². The van der Waals surface area contributed by atoms with Crippen LogP contribution in [0.1, 0.15) is 175 Å². The lowest BCUT2D eigenvalue weighted by atomic mass is 12.0. The van der Waals surface area contributed by atoms with Crippen molar-refractivity contribution in [1.29, 1.82) is 0 Å². The van der Waals surface area contributed by atoms with E-state index in [1.165, 1.54) is 148 Å². The van der Waals surface area contributed by atoms with E-state index < -0.39 is 0 Å². The molecule has 0 bridgehead atoms. The van der Waals surface area contributed by atoms with Crippen LogP contribution in [0.3, 0.4) is 0 Å². The van der Waals surface area contributed by atoms with Gasteiger partial charge in [-0.2, -0.15) is 0 Å². The highest BCUT2D eigenvalue weighted by molar-refractivity contribution is 2.52. The fraction of sp³-hybridized carbons (Fsp3) is 1.00. The maximum Gasteiger partial charge on any atom is 0.0194 e.